The van der Waals surface area contributed by atoms with E-state index in [2.05, 4.69) is 15.0 Å². The van der Waals surface area contributed by atoms with Crippen LogP contribution in [-0.2, 0) is 9.53 Å². The highest BCUT2D eigenvalue weighted by Crippen LogP contribution is 1.88. The lowest BCUT2D eigenvalue weighted by Gasteiger charge is -1.99. The molecule has 0 aliphatic carbocycles. The average Bonchev–Trinajstić information content (AvgIpc) is 2.30. The fourth-order valence-electron chi connectivity index (χ4n) is 0.595. The van der Waals surface area contributed by atoms with Gasteiger partial charge in [0.25, 0.3) is 0 Å². The van der Waals surface area contributed by atoms with Crippen molar-refractivity contribution in [3.8, 4) is 0 Å². The van der Waals surface area contributed by atoms with Crippen LogP contribution in [0.1, 0.15) is 0 Å². The first kappa shape index (κ1) is 7.53. The zero-order chi connectivity index (χ0) is 8.10. The van der Waals surface area contributed by atoms with Gasteiger partial charge < -0.3 is 10.1 Å². The number of nitrogens with one attached hydrogen (secondary N) is 1. The van der Waals surface area contributed by atoms with Crippen LogP contribution in [0.15, 0.2) is 29.5 Å². The third kappa shape index (κ3) is 1.93. The molecule has 1 heterocycles. The summed E-state index contributed by atoms with van der Waals surface area (Å²) < 4.78 is 4.45. The predicted molar refractivity (Wildman–Crippen MR) is 40.9 cm³/mol. The van der Waals surface area contributed by atoms with E-state index in [4.69, 9.17) is 0 Å². The number of allylic oxidation sites excluding steroid dienone is 2. The first-order chi connectivity index (χ1) is 5.34. The minimum absolute atomic E-state index is 0.192. The van der Waals surface area contributed by atoms with Crippen molar-refractivity contribution < 1.29 is 9.53 Å². The highest BCUT2D eigenvalue weighted by atomic mass is 16.5. The number of aliphatic imine (C=N–C) groups is 1. The molecule has 0 aromatic rings. The summed E-state index contributed by atoms with van der Waals surface area (Å²) in [7, 11) is 1.31. The molecule has 0 spiro atoms. The number of carbonyl (C=O) groups excluding carboxylic acids is 1. The van der Waals surface area contributed by atoms with Crippen LogP contribution in [0, 0.1) is 0 Å². The smallest absolute Gasteiger partial charge is 0.374 e. The molecule has 0 aromatic carbocycles. The van der Waals surface area contributed by atoms with Gasteiger partial charge in [0.15, 0.2) is 0 Å². The zero-order valence-electron chi connectivity index (χ0n) is 6.07. The lowest BCUT2D eigenvalue weighted by molar-refractivity contribution is -0.132. The molecule has 1 rings (SSSR count). The molecule has 0 saturated heterocycles. The molecule has 4 nitrogen and oxygen atoms in total. The minimum atomic E-state index is -0.471. The molecule has 4 heteroatoms. The molecule has 1 aliphatic heterocycles. The van der Waals surface area contributed by atoms with Crippen molar-refractivity contribution in [2.75, 3.05) is 7.11 Å². The Labute approximate surface area is 64.3 Å². The summed E-state index contributed by atoms with van der Waals surface area (Å²) in [6, 6.07) is 0. The molecule has 11 heavy (non-hydrogen) atoms. The summed E-state index contributed by atoms with van der Waals surface area (Å²) >= 11 is 0. The second-order valence-corrected chi connectivity index (χ2v) is 1.81. The fourth-order valence-corrected chi connectivity index (χ4v) is 0.595. The van der Waals surface area contributed by atoms with E-state index in [0.717, 1.165) is 0 Å². The van der Waals surface area contributed by atoms with E-state index >= 15 is 0 Å². The topological polar surface area (TPSA) is 50.7 Å². The standard InChI is InChI=1S/C7H8N2O2/c1-11-7(10)6-8-4-2-3-5-9-6/h2-5H,1H3,(H,8,9). The van der Waals surface area contributed by atoms with Gasteiger partial charge in [-0.25, -0.2) is 9.79 Å². The number of ether oxygens (including phenoxy) is 1. The highest BCUT2D eigenvalue weighted by Gasteiger charge is 2.08. The Kier molecular flexibility index (Phi) is 2.43. The Morgan fingerprint density at radius 3 is 3.18 bits per heavy atom. The van der Waals surface area contributed by atoms with Gasteiger partial charge >= 0.3 is 5.97 Å². The van der Waals surface area contributed by atoms with Crippen molar-refractivity contribution in [2.45, 2.75) is 0 Å². The Morgan fingerprint density at radius 2 is 2.45 bits per heavy atom. The van der Waals surface area contributed by atoms with Crippen molar-refractivity contribution in [3.05, 3.63) is 24.6 Å². The lowest BCUT2D eigenvalue weighted by atomic mass is 10.6. The van der Waals surface area contributed by atoms with Gasteiger partial charge in [0, 0.05) is 12.4 Å². The molecule has 0 atom stereocenters. The molecule has 58 valence electrons. The van der Waals surface area contributed by atoms with Crippen LogP contribution in [0.3, 0.4) is 0 Å². The van der Waals surface area contributed by atoms with Gasteiger partial charge in [-0.15, -0.1) is 0 Å². The number of nitrogens with zero attached hydrogens (tertiary/aromatic N) is 1. The first-order valence-corrected chi connectivity index (χ1v) is 3.09. The lowest BCUT2D eigenvalue weighted by Crippen LogP contribution is -2.27. The number of amidine groups is 1. The maximum atomic E-state index is 10.8. The quantitative estimate of drug-likeness (QED) is 0.545. The Bertz CT molecular complexity index is 241. The summed E-state index contributed by atoms with van der Waals surface area (Å²) in [6.45, 7) is 0. The third-order valence-corrected chi connectivity index (χ3v) is 1.10. The van der Waals surface area contributed by atoms with Crippen LogP contribution in [-0.4, -0.2) is 18.9 Å². The van der Waals surface area contributed by atoms with E-state index in [0.29, 0.717) is 0 Å². The van der Waals surface area contributed by atoms with E-state index in [1.54, 1.807) is 18.4 Å². The van der Waals surface area contributed by atoms with Crippen molar-refractivity contribution in [2.24, 2.45) is 4.99 Å². The molecule has 0 unspecified atom stereocenters. The van der Waals surface area contributed by atoms with Gasteiger partial charge in [-0.05, 0) is 12.2 Å². The van der Waals surface area contributed by atoms with Gasteiger partial charge in [-0.3, -0.25) is 0 Å². The third-order valence-electron chi connectivity index (χ3n) is 1.10. The van der Waals surface area contributed by atoms with E-state index in [1.165, 1.54) is 13.3 Å². The van der Waals surface area contributed by atoms with Crippen LogP contribution >= 0.6 is 0 Å². The number of carbonyl (C=O) groups is 1. The fraction of sp³-hybridized carbons (Fsp3) is 0.143. The molecule has 0 amide bonds. The van der Waals surface area contributed by atoms with Gasteiger partial charge in [-0.2, -0.15) is 0 Å². The average molecular weight is 152 g/mol. The van der Waals surface area contributed by atoms with Crippen LogP contribution in [0.4, 0.5) is 0 Å². The molecule has 1 N–H and O–H groups in total. The normalized spacial score (nSPS) is 14.8. The van der Waals surface area contributed by atoms with Crippen LogP contribution < -0.4 is 5.32 Å². The van der Waals surface area contributed by atoms with Gasteiger partial charge in [-0.1, -0.05) is 0 Å². The summed E-state index contributed by atoms with van der Waals surface area (Å²) in [5.41, 5.74) is 0. The molecule has 1 aliphatic rings. The summed E-state index contributed by atoms with van der Waals surface area (Å²) in [5.74, 6) is -0.279. The highest BCUT2D eigenvalue weighted by molar-refractivity contribution is 6.35. The summed E-state index contributed by atoms with van der Waals surface area (Å²) in [5, 5.41) is 2.66. The van der Waals surface area contributed by atoms with Crippen molar-refractivity contribution in [1.29, 1.82) is 0 Å². The van der Waals surface area contributed by atoms with Gasteiger partial charge in [0.1, 0.15) is 0 Å². The van der Waals surface area contributed by atoms with E-state index < -0.39 is 5.97 Å². The van der Waals surface area contributed by atoms with Crippen molar-refractivity contribution in [1.82, 2.24) is 5.32 Å². The molecular formula is C7H8N2O2. The van der Waals surface area contributed by atoms with E-state index in [9.17, 15) is 4.79 Å². The largest absolute Gasteiger partial charge is 0.463 e. The van der Waals surface area contributed by atoms with Crippen LogP contribution in [0.2, 0.25) is 0 Å². The molecule has 0 radical (unpaired) electrons. The molecule has 0 saturated carbocycles. The van der Waals surface area contributed by atoms with Crippen molar-refractivity contribution >= 4 is 11.8 Å². The number of hydrogen-bond acceptors (Lipinski definition) is 4. The first-order valence-electron chi connectivity index (χ1n) is 3.09. The van der Waals surface area contributed by atoms with Crippen LogP contribution in [0.25, 0.3) is 0 Å². The zero-order valence-corrected chi connectivity index (χ0v) is 6.07. The van der Waals surface area contributed by atoms with Crippen molar-refractivity contribution in [3.63, 3.8) is 0 Å². The maximum absolute atomic E-state index is 10.8. The summed E-state index contributed by atoms with van der Waals surface area (Å²) in [4.78, 5) is 14.6. The predicted octanol–water partition coefficient (Wildman–Crippen LogP) is 0.188. The van der Waals surface area contributed by atoms with Crippen LogP contribution in [0.5, 0.6) is 0 Å². The van der Waals surface area contributed by atoms with Gasteiger partial charge in [0.2, 0.25) is 5.84 Å². The Hall–Kier alpha value is -1.58. The SMILES string of the molecule is COC(=O)C1=NC=CC=CN1. The van der Waals surface area contributed by atoms with E-state index in [-0.39, 0.29) is 5.84 Å². The number of methoxy groups -OCH3 is 1. The maximum Gasteiger partial charge on any atom is 0.374 e. The second kappa shape index (κ2) is 3.55. The molecule has 0 fully saturated rings. The second-order valence-electron chi connectivity index (χ2n) is 1.81. The Morgan fingerprint density at radius 1 is 1.64 bits per heavy atom. The number of rotatable bonds is 1. The monoisotopic (exact) mass is 152 g/mol. The Balaban J connectivity index is 2.72. The molecule has 0 bridgehead atoms. The number of esters is 1. The van der Waals surface area contributed by atoms with E-state index in [1.807, 2.05) is 0 Å². The molecular weight excluding hydrogens is 144 g/mol. The summed E-state index contributed by atoms with van der Waals surface area (Å²) in [6.07, 6.45) is 6.57. The number of hydrogen-bond donors (Lipinski definition) is 1. The van der Waals surface area contributed by atoms with Gasteiger partial charge in [0.05, 0.1) is 7.11 Å². The molecule has 0 aromatic heterocycles. The minimum Gasteiger partial charge on any atom is -0.463 e.